The van der Waals surface area contributed by atoms with E-state index in [0.29, 0.717) is 5.28 Å². The summed E-state index contributed by atoms with van der Waals surface area (Å²) < 4.78 is 0. The Morgan fingerprint density at radius 3 is 1.30 bits per heavy atom. The summed E-state index contributed by atoms with van der Waals surface area (Å²) in [4.78, 5) is 0. The molecule has 0 radical (unpaired) electrons. The highest BCUT2D eigenvalue weighted by Crippen LogP contribution is 2.63. The fraction of sp³-hybridized carbons (Fsp3) is 0.200. The van der Waals surface area contributed by atoms with Crippen molar-refractivity contribution in [3.05, 3.63) is 104 Å². The lowest BCUT2D eigenvalue weighted by atomic mass is 10.3. The maximum atomic E-state index is 4.15. The van der Waals surface area contributed by atoms with Gasteiger partial charge in [0.25, 0.3) is 0 Å². The topological polar surface area (TPSA) is 0 Å². The summed E-state index contributed by atoms with van der Waals surface area (Å²) in [5.41, 5.74) is 0. The van der Waals surface area contributed by atoms with Crippen molar-refractivity contribution in [3.8, 4) is 0 Å². The van der Waals surface area contributed by atoms with Crippen LogP contribution >= 0.6 is 7.26 Å². The van der Waals surface area contributed by atoms with Crippen LogP contribution in [0.25, 0.3) is 0 Å². The number of benzene rings is 3. The summed E-state index contributed by atoms with van der Waals surface area (Å²) in [5, 5.41) is 5.06. The van der Waals surface area contributed by atoms with Gasteiger partial charge in [-0.2, -0.15) is 0 Å². The van der Waals surface area contributed by atoms with Crippen LogP contribution < -0.4 is 15.9 Å². The highest BCUT2D eigenvalue weighted by atomic mass is 31.2. The van der Waals surface area contributed by atoms with Gasteiger partial charge in [0.1, 0.15) is 23.2 Å². The first-order valence-corrected chi connectivity index (χ1v) is 15.1. The molecule has 0 N–H and O–H groups in total. The number of rotatable bonds is 7. The van der Waals surface area contributed by atoms with Crippen LogP contribution in [-0.4, -0.2) is 13.4 Å². The van der Waals surface area contributed by atoms with Gasteiger partial charge in [0.2, 0.25) is 0 Å². The molecule has 2 heteroatoms. The van der Waals surface area contributed by atoms with E-state index in [0.717, 1.165) is 6.42 Å². The van der Waals surface area contributed by atoms with Crippen molar-refractivity contribution >= 4 is 31.2 Å². The molecular formula is C25H30PSi+. The molecule has 0 spiro atoms. The lowest BCUT2D eigenvalue weighted by Crippen LogP contribution is -2.49. The van der Waals surface area contributed by atoms with Crippen molar-refractivity contribution in [2.24, 2.45) is 0 Å². The monoisotopic (exact) mass is 389 g/mol. The van der Waals surface area contributed by atoms with Crippen LogP contribution in [0.4, 0.5) is 0 Å². The van der Waals surface area contributed by atoms with E-state index in [1.54, 1.807) is 0 Å². The predicted octanol–water partition coefficient (Wildman–Crippen LogP) is 5.80. The zero-order valence-electron chi connectivity index (χ0n) is 16.7. The molecule has 1 unspecified atom stereocenters. The van der Waals surface area contributed by atoms with E-state index in [4.69, 9.17) is 0 Å². The number of hydrogen-bond donors (Lipinski definition) is 0. The molecule has 0 aromatic heterocycles. The Hall–Kier alpha value is -1.95. The van der Waals surface area contributed by atoms with E-state index < -0.39 is 15.3 Å². The Morgan fingerprint density at radius 2 is 1.04 bits per heavy atom. The van der Waals surface area contributed by atoms with Crippen molar-refractivity contribution in [2.75, 3.05) is 0 Å². The molecule has 1 atom stereocenters. The van der Waals surface area contributed by atoms with Gasteiger partial charge in [-0.3, -0.25) is 0 Å². The Kier molecular flexibility index (Phi) is 6.14. The largest absolute Gasteiger partial charge is 0.111 e. The van der Waals surface area contributed by atoms with E-state index >= 15 is 0 Å². The summed E-state index contributed by atoms with van der Waals surface area (Å²) in [6.07, 6.45) is 3.20. The lowest BCUT2D eigenvalue weighted by Gasteiger charge is -2.40. The van der Waals surface area contributed by atoms with Crippen LogP contribution in [-0.2, 0) is 0 Å². The van der Waals surface area contributed by atoms with Gasteiger partial charge in [-0.25, -0.2) is 0 Å². The van der Waals surface area contributed by atoms with Crippen LogP contribution in [0.1, 0.15) is 6.42 Å². The summed E-state index contributed by atoms with van der Waals surface area (Å²) in [6, 6.07) is 33.7. The molecule has 0 saturated carbocycles. The minimum atomic E-state index is -1.81. The van der Waals surface area contributed by atoms with Crippen LogP contribution in [0.3, 0.4) is 0 Å². The highest BCUT2D eigenvalue weighted by molar-refractivity contribution is 7.97. The van der Waals surface area contributed by atoms with Gasteiger partial charge in [0.05, 0.1) is 13.4 Å². The second-order valence-corrected chi connectivity index (χ2v) is 17.7. The summed E-state index contributed by atoms with van der Waals surface area (Å²) in [6.45, 7) is 11.7. The molecule has 3 rings (SSSR count). The first-order chi connectivity index (χ1) is 13.0. The van der Waals surface area contributed by atoms with E-state index in [9.17, 15) is 0 Å². The maximum absolute atomic E-state index is 4.15. The Labute approximate surface area is 166 Å². The molecule has 0 amide bonds. The molecule has 0 aliphatic rings. The van der Waals surface area contributed by atoms with Gasteiger partial charge in [-0.05, 0) is 42.8 Å². The molecule has 0 fully saturated rings. The highest BCUT2D eigenvalue weighted by Gasteiger charge is 2.56. The van der Waals surface area contributed by atoms with Crippen molar-refractivity contribution in [3.63, 3.8) is 0 Å². The fourth-order valence-electron chi connectivity index (χ4n) is 4.23. The van der Waals surface area contributed by atoms with Gasteiger partial charge < -0.3 is 0 Å². The van der Waals surface area contributed by atoms with Gasteiger partial charge in [-0.1, -0.05) is 80.3 Å². The number of hydrogen-bond acceptors (Lipinski definition) is 0. The normalized spacial score (nSPS) is 13.1. The standard InChI is InChI=1S/C25H30PSi/c1-5-15-25(27(2,3)4)26(22-16-9-6-10-17-22,23-18-11-7-12-19-23)24-20-13-8-14-21-24/h5-14,16-21,25H,1,15H2,2-4H3/q+1. The molecule has 138 valence electrons. The molecule has 0 heterocycles. The summed E-state index contributed by atoms with van der Waals surface area (Å²) in [7, 11) is -3.32. The zero-order chi connectivity index (χ0) is 19.3. The Bertz CT molecular complexity index is 754. The van der Waals surface area contributed by atoms with Gasteiger partial charge in [-0.15, -0.1) is 6.58 Å². The second kappa shape index (κ2) is 8.38. The molecule has 0 nitrogen and oxygen atoms in total. The van der Waals surface area contributed by atoms with E-state index in [-0.39, 0.29) is 0 Å². The van der Waals surface area contributed by atoms with Crippen molar-refractivity contribution < 1.29 is 0 Å². The minimum Gasteiger partial charge on any atom is -0.103 e. The average Bonchev–Trinajstić information content (AvgIpc) is 2.70. The molecule has 0 bridgehead atoms. The second-order valence-electron chi connectivity index (χ2n) is 8.14. The first-order valence-electron chi connectivity index (χ1n) is 9.67. The summed E-state index contributed by atoms with van der Waals surface area (Å²) >= 11 is 0. The maximum Gasteiger partial charge on any atom is 0.111 e. The Morgan fingerprint density at radius 1 is 0.704 bits per heavy atom. The van der Waals surface area contributed by atoms with Crippen molar-refractivity contribution in [1.82, 2.24) is 0 Å². The van der Waals surface area contributed by atoms with E-state index in [2.05, 4.69) is 123 Å². The Balaban J connectivity index is 2.44. The number of allylic oxidation sites excluding steroid dienone is 1. The predicted molar refractivity (Wildman–Crippen MR) is 127 cm³/mol. The van der Waals surface area contributed by atoms with E-state index in [1.165, 1.54) is 15.9 Å². The fourth-order valence-corrected chi connectivity index (χ4v) is 15.5. The average molecular weight is 390 g/mol. The molecule has 0 saturated heterocycles. The minimum absolute atomic E-state index is 0.606. The van der Waals surface area contributed by atoms with Gasteiger partial charge >= 0.3 is 0 Å². The molecule has 3 aromatic carbocycles. The molecule has 0 aliphatic carbocycles. The van der Waals surface area contributed by atoms with Crippen LogP contribution in [0.15, 0.2) is 104 Å². The van der Waals surface area contributed by atoms with E-state index in [1.807, 2.05) is 0 Å². The smallest absolute Gasteiger partial charge is 0.103 e. The van der Waals surface area contributed by atoms with Gasteiger partial charge in [0, 0.05) is 0 Å². The van der Waals surface area contributed by atoms with Gasteiger partial charge in [0.15, 0.2) is 0 Å². The molecular weight excluding hydrogens is 359 g/mol. The quantitative estimate of drug-likeness (QED) is 0.272. The third-order valence-corrected chi connectivity index (χ3v) is 15.6. The first kappa shape index (κ1) is 19.8. The van der Waals surface area contributed by atoms with Crippen molar-refractivity contribution in [1.29, 1.82) is 0 Å². The summed E-state index contributed by atoms with van der Waals surface area (Å²) in [5.74, 6) is 0. The van der Waals surface area contributed by atoms with Crippen molar-refractivity contribution in [2.45, 2.75) is 31.3 Å². The molecule has 3 aromatic rings. The third kappa shape index (κ3) is 3.86. The SMILES string of the molecule is C=CCC([Si](C)(C)C)[P+](c1ccccc1)(c1ccccc1)c1ccccc1. The molecule has 0 aliphatic heterocycles. The molecule has 27 heavy (non-hydrogen) atoms. The third-order valence-electron chi connectivity index (χ3n) is 5.35. The van der Waals surface area contributed by atoms with Crippen LogP contribution in [0.5, 0.6) is 0 Å². The van der Waals surface area contributed by atoms with Crippen LogP contribution in [0.2, 0.25) is 19.6 Å². The van der Waals surface area contributed by atoms with Crippen LogP contribution in [0, 0.1) is 0 Å². The zero-order valence-corrected chi connectivity index (χ0v) is 18.6. The lowest BCUT2D eigenvalue weighted by molar-refractivity contribution is 1.10.